The van der Waals surface area contributed by atoms with E-state index in [0.29, 0.717) is 0 Å². The third kappa shape index (κ3) is 14.7. The van der Waals surface area contributed by atoms with E-state index in [4.69, 9.17) is 10.5 Å². The van der Waals surface area contributed by atoms with Crippen molar-refractivity contribution in [2.45, 2.75) is 98.4 Å². The Balaban J connectivity index is 2.12. The molecule has 0 aliphatic carbocycles. The lowest BCUT2D eigenvalue weighted by Gasteiger charge is -2.17. The van der Waals surface area contributed by atoms with Crippen LogP contribution in [0.3, 0.4) is 0 Å². The molecule has 1 rings (SSSR count). The summed E-state index contributed by atoms with van der Waals surface area (Å²) >= 11 is 1.88. The molecule has 0 fully saturated rings. The zero-order valence-electron chi connectivity index (χ0n) is 21.3. The number of rotatable bonds is 18. The largest absolute Gasteiger partial charge is 0.469 e. The van der Waals surface area contributed by atoms with Crippen LogP contribution in [-0.2, 0) is 4.74 Å². The van der Waals surface area contributed by atoms with E-state index in [9.17, 15) is 0 Å². The van der Waals surface area contributed by atoms with Crippen molar-refractivity contribution in [3.8, 4) is 0 Å². The molecule has 1 aliphatic rings. The minimum atomic E-state index is 0.00225. The van der Waals surface area contributed by atoms with Crippen molar-refractivity contribution in [1.29, 1.82) is 0 Å². The standard InChI is InChI=1S/C27H49N3OS/c1-22(2)9-6-10-23(3)11-7-12-24(4)13-8-14-25(5)15-18-32-20-27(30-21-28)26-19-31-17-16-29-26/h15-17,19,21-24,27,29H,6-14,18,20H2,1-5H3,(H2,28,30). The van der Waals surface area contributed by atoms with Gasteiger partial charge in [0.15, 0.2) is 0 Å². The Morgan fingerprint density at radius 2 is 1.72 bits per heavy atom. The lowest BCUT2D eigenvalue weighted by Crippen LogP contribution is -2.24. The Hall–Kier alpha value is -1.36. The summed E-state index contributed by atoms with van der Waals surface area (Å²) in [5.41, 5.74) is 7.96. The molecule has 3 atom stereocenters. The Labute approximate surface area is 202 Å². The molecule has 0 aromatic rings. The Bertz CT molecular complexity index is 598. The maximum absolute atomic E-state index is 5.52. The van der Waals surface area contributed by atoms with Crippen LogP contribution in [0, 0.1) is 17.8 Å². The second-order valence-corrected chi connectivity index (χ2v) is 11.0. The van der Waals surface area contributed by atoms with Crippen molar-refractivity contribution in [3.63, 3.8) is 0 Å². The predicted octanol–water partition coefficient (Wildman–Crippen LogP) is 7.39. The van der Waals surface area contributed by atoms with Gasteiger partial charge >= 0.3 is 0 Å². The van der Waals surface area contributed by atoms with Crippen LogP contribution in [0.5, 0.6) is 0 Å². The fourth-order valence-corrected chi connectivity index (χ4v) is 5.03. The number of nitrogens with one attached hydrogen (secondary N) is 1. The molecule has 5 heteroatoms. The van der Waals surface area contributed by atoms with Gasteiger partial charge < -0.3 is 15.8 Å². The molecule has 0 spiro atoms. The number of hydrogen-bond acceptors (Lipinski definition) is 4. The summed E-state index contributed by atoms with van der Waals surface area (Å²) in [6.07, 6.45) is 21.1. The van der Waals surface area contributed by atoms with Gasteiger partial charge in [0.05, 0.1) is 12.0 Å². The third-order valence-corrected chi connectivity index (χ3v) is 7.14. The maximum atomic E-state index is 5.52. The van der Waals surface area contributed by atoms with Crippen LogP contribution in [0.2, 0.25) is 0 Å². The molecule has 0 saturated carbocycles. The molecule has 0 amide bonds. The van der Waals surface area contributed by atoms with Crippen molar-refractivity contribution in [2.24, 2.45) is 28.5 Å². The van der Waals surface area contributed by atoms with Gasteiger partial charge in [0, 0.05) is 17.7 Å². The van der Waals surface area contributed by atoms with E-state index in [1.165, 1.54) is 69.7 Å². The molecule has 1 aliphatic heterocycles. The minimum Gasteiger partial charge on any atom is -0.469 e. The number of aliphatic imine (C=N–C) groups is 1. The van der Waals surface area contributed by atoms with Crippen molar-refractivity contribution >= 4 is 18.1 Å². The first-order chi connectivity index (χ1) is 15.4. The second kappa shape index (κ2) is 18.1. The molecule has 0 bridgehead atoms. The van der Waals surface area contributed by atoms with Crippen LogP contribution in [-0.4, -0.2) is 23.9 Å². The van der Waals surface area contributed by atoms with E-state index >= 15 is 0 Å². The van der Waals surface area contributed by atoms with Gasteiger partial charge in [-0.05, 0) is 37.5 Å². The second-order valence-electron chi connectivity index (χ2n) is 9.92. The van der Waals surface area contributed by atoms with E-state index in [-0.39, 0.29) is 6.04 Å². The van der Waals surface area contributed by atoms with Crippen molar-refractivity contribution in [3.05, 3.63) is 36.1 Å². The molecule has 1 heterocycles. The van der Waals surface area contributed by atoms with Gasteiger partial charge in [0.2, 0.25) is 0 Å². The molecule has 3 N–H and O–H groups in total. The van der Waals surface area contributed by atoms with Gasteiger partial charge in [-0.1, -0.05) is 84.3 Å². The number of allylic oxidation sites excluding steroid dienone is 1. The number of hydrogen-bond donors (Lipinski definition) is 2. The lowest BCUT2D eigenvalue weighted by molar-refractivity contribution is 0.378. The monoisotopic (exact) mass is 463 g/mol. The first-order valence-electron chi connectivity index (χ1n) is 12.7. The van der Waals surface area contributed by atoms with E-state index in [1.54, 1.807) is 18.7 Å². The van der Waals surface area contributed by atoms with Gasteiger partial charge in [-0.15, -0.1) is 0 Å². The number of nitrogens with two attached hydrogens (primary N) is 1. The van der Waals surface area contributed by atoms with Crippen LogP contribution >= 0.6 is 11.8 Å². The molecule has 32 heavy (non-hydrogen) atoms. The highest BCUT2D eigenvalue weighted by Gasteiger charge is 2.14. The van der Waals surface area contributed by atoms with Crippen LogP contribution in [0.4, 0.5) is 0 Å². The molecular formula is C27H49N3OS. The summed E-state index contributed by atoms with van der Waals surface area (Å²) in [6.45, 7) is 11.8. The minimum absolute atomic E-state index is 0.00225. The maximum Gasteiger partial charge on any atom is 0.112 e. The average Bonchev–Trinajstić information content (AvgIpc) is 2.76. The van der Waals surface area contributed by atoms with Crippen LogP contribution < -0.4 is 11.1 Å². The highest BCUT2D eigenvalue weighted by Crippen LogP contribution is 2.22. The normalized spacial score (nSPS) is 17.2. The summed E-state index contributed by atoms with van der Waals surface area (Å²) in [4.78, 5) is 4.36. The smallest absolute Gasteiger partial charge is 0.112 e. The Morgan fingerprint density at radius 1 is 1.06 bits per heavy atom. The van der Waals surface area contributed by atoms with Gasteiger partial charge in [-0.25, -0.2) is 0 Å². The first kappa shape index (κ1) is 28.7. The van der Waals surface area contributed by atoms with Crippen LogP contribution in [0.15, 0.2) is 41.1 Å². The van der Waals surface area contributed by atoms with E-state index < -0.39 is 0 Å². The third-order valence-electron chi connectivity index (χ3n) is 6.18. The molecule has 0 radical (unpaired) electrons. The summed E-state index contributed by atoms with van der Waals surface area (Å²) in [5, 5.41) is 3.18. The Morgan fingerprint density at radius 3 is 2.31 bits per heavy atom. The molecule has 0 aromatic heterocycles. The summed E-state index contributed by atoms with van der Waals surface area (Å²) in [7, 11) is 0. The number of nitrogens with zero attached hydrogens (tertiary/aromatic N) is 1. The SMILES string of the molecule is CC(=CCSCC(N=CN)C1=COC=CN1)CCCC(C)CCCC(C)CCCC(C)C. The quantitative estimate of drug-likeness (QED) is 0.0962. The molecule has 0 saturated heterocycles. The highest BCUT2D eigenvalue weighted by molar-refractivity contribution is 7.99. The topological polar surface area (TPSA) is 59.6 Å². The lowest BCUT2D eigenvalue weighted by atomic mass is 9.91. The van der Waals surface area contributed by atoms with E-state index in [2.05, 4.69) is 51.0 Å². The molecular weight excluding hydrogens is 414 g/mol. The van der Waals surface area contributed by atoms with Gasteiger partial charge in [-0.3, -0.25) is 4.99 Å². The fourth-order valence-electron chi connectivity index (χ4n) is 4.00. The number of ether oxygens (including phenoxy) is 1. The number of thioether (sulfide) groups is 1. The van der Waals surface area contributed by atoms with E-state index in [1.807, 2.05) is 11.8 Å². The molecule has 4 nitrogen and oxygen atoms in total. The van der Waals surface area contributed by atoms with Crippen molar-refractivity contribution in [2.75, 3.05) is 11.5 Å². The summed E-state index contributed by atoms with van der Waals surface area (Å²) in [5.74, 6) is 4.48. The van der Waals surface area contributed by atoms with Crippen LogP contribution in [0.1, 0.15) is 92.4 Å². The summed E-state index contributed by atoms with van der Waals surface area (Å²) < 4.78 is 5.24. The van der Waals surface area contributed by atoms with Crippen molar-refractivity contribution in [1.82, 2.24) is 5.32 Å². The van der Waals surface area contributed by atoms with Gasteiger partial charge in [0.1, 0.15) is 18.6 Å². The van der Waals surface area contributed by atoms with E-state index in [0.717, 1.165) is 35.0 Å². The average molecular weight is 464 g/mol. The molecule has 3 unspecified atom stereocenters. The van der Waals surface area contributed by atoms with Gasteiger partial charge in [-0.2, -0.15) is 11.8 Å². The fraction of sp³-hybridized carbons (Fsp3) is 0.741. The zero-order valence-corrected chi connectivity index (χ0v) is 22.1. The van der Waals surface area contributed by atoms with Crippen LogP contribution in [0.25, 0.3) is 0 Å². The highest BCUT2D eigenvalue weighted by atomic mass is 32.2. The van der Waals surface area contributed by atoms with Crippen molar-refractivity contribution < 1.29 is 4.74 Å². The van der Waals surface area contributed by atoms with Gasteiger partial charge in [0.25, 0.3) is 0 Å². The molecule has 0 aromatic carbocycles. The predicted molar refractivity (Wildman–Crippen MR) is 144 cm³/mol. The zero-order chi connectivity index (χ0) is 23.6. The molecule has 184 valence electrons. The summed E-state index contributed by atoms with van der Waals surface area (Å²) in [6, 6.07) is 0.00225. The first-order valence-corrected chi connectivity index (χ1v) is 13.8. The Kier molecular flexibility index (Phi) is 16.2.